The topological polar surface area (TPSA) is 175 Å². The zero-order valence-electron chi connectivity index (χ0n) is 42.4. The van der Waals surface area contributed by atoms with Crippen molar-refractivity contribution in [3.63, 3.8) is 0 Å². The van der Waals surface area contributed by atoms with E-state index in [4.69, 9.17) is 14.2 Å². The molecule has 11 heteroatoms. The number of hydrogen-bond acceptors (Lipinski definition) is 10. The first-order valence-corrected chi connectivity index (χ1v) is 27.6. The second kappa shape index (κ2) is 45.6. The first-order chi connectivity index (χ1) is 32.2. The van der Waals surface area contributed by atoms with Gasteiger partial charge in [0.15, 0.2) is 6.29 Å². The maximum atomic E-state index is 13.0. The number of hydrogen-bond donors (Lipinski definition) is 6. The van der Waals surface area contributed by atoms with Crippen LogP contribution in [0.15, 0.2) is 24.3 Å². The van der Waals surface area contributed by atoms with Gasteiger partial charge in [0.25, 0.3) is 0 Å². The number of ether oxygens (including phenoxy) is 3. The average Bonchev–Trinajstić information content (AvgIpc) is 3.31. The Morgan fingerprint density at radius 3 is 1.50 bits per heavy atom. The van der Waals surface area contributed by atoms with Crippen LogP contribution in [0, 0.1) is 0 Å². The molecule has 0 aromatic rings. The highest BCUT2D eigenvalue weighted by Crippen LogP contribution is 2.23. The Labute approximate surface area is 403 Å². The molecule has 1 aliphatic heterocycles. The van der Waals surface area contributed by atoms with Crippen molar-refractivity contribution in [3.8, 4) is 0 Å². The van der Waals surface area contributed by atoms with Gasteiger partial charge in [-0.3, -0.25) is 9.59 Å². The molecule has 388 valence electrons. The number of amides is 1. The van der Waals surface area contributed by atoms with Gasteiger partial charge in [0.1, 0.15) is 24.4 Å². The van der Waals surface area contributed by atoms with Crippen molar-refractivity contribution in [2.24, 2.45) is 0 Å². The summed E-state index contributed by atoms with van der Waals surface area (Å²) in [6.45, 7) is 4.26. The molecule has 0 radical (unpaired) electrons. The molecule has 1 aliphatic rings. The van der Waals surface area contributed by atoms with E-state index >= 15 is 0 Å². The number of nitrogens with one attached hydrogen (secondary N) is 1. The fraction of sp³-hybridized carbons (Fsp3) is 0.891. The first-order valence-electron chi connectivity index (χ1n) is 27.6. The van der Waals surface area contributed by atoms with E-state index in [9.17, 15) is 35.1 Å². The van der Waals surface area contributed by atoms with Gasteiger partial charge in [-0.15, -0.1) is 0 Å². The molecule has 0 saturated carbocycles. The zero-order chi connectivity index (χ0) is 48.1. The van der Waals surface area contributed by atoms with Crippen LogP contribution in [0.1, 0.15) is 251 Å². The van der Waals surface area contributed by atoms with Gasteiger partial charge in [-0.2, -0.15) is 0 Å². The molecule has 0 aliphatic carbocycles. The number of aliphatic hydroxyl groups is 5. The highest BCUT2D eigenvalue weighted by Gasteiger charge is 2.44. The largest absolute Gasteiger partial charge is 0.466 e. The Balaban J connectivity index is 2.06. The van der Waals surface area contributed by atoms with E-state index < -0.39 is 49.5 Å². The summed E-state index contributed by atoms with van der Waals surface area (Å²) in [5, 5.41) is 54.1. The van der Waals surface area contributed by atoms with Crippen molar-refractivity contribution in [1.29, 1.82) is 0 Å². The Morgan fingerprint density at radius 2 is 0.985 bits per heavy atom. The van der Waals surface area contributed by atoms with Crippen molar-refractivity contribution in [2.75, 3.05) is 19.8 Å². The summed E-state index contributed by atoms with van der Waals surface area (Å²) in [7, 11) is 0. The minimum atomic E-state index is -1.58. The van der Waals surface area contributed by atoms with Crippen molar-refractivity contribution >= 4 is 11.9 Å². The monoisotopic (exact) mass is 938 g/mol. The number of esters is 1. The molecular formula is C55H103NO10. The molecule has 66 heavy (non-hydrogen) atoms. The fourth-order valence-electron chi connectivity index (χ4n) is 8.63. The third-order valence-electron chi connectivity index (χ3n) is 13.1. The Bertz CT molecular complexity index is 1150. The molecule has 0 bridgehead atoms. The summed E-state index contributed by atoms with van der Waals surface area (Å²) >= 11 is 0. The molecule has 0 aromatic heterocycles. The lowest BCUT2D eigenvalue weighted by molar-refractivity contribution is -0.302. The highest BCUT2D eigenvalue weighted by molar-refractivity contribution is 5.76. The minimum Gasteiger partial charge on any atom is -0.466 e. The van der Waals surface area contributed by atoms with Crippen LogP contribution in [0.5, 0.6) is 0 Å². The van der Waals surface area contributed by atoms with Crippen LogP contribution in [-0.2, 0) is 23.8 Å². The first kappa shape index (κ1) is 62.2. The van der Waals surface area contributed by atoms with Crippen molar-refractivity contribution < 1.29 is 49.3 Å². The molecule has 1 rings (SSSR count). The number of carbonyl (C=O) groups is 2. The van der Waals surface area contributed by atoms with Crippen molar-refractivity contribution in [3.05, 3.63) is 24.3 Å². The van der Waals surface area contributed by atoms with Gasteiger partial charge in [0, 0.05) is 12.8 Å². The van der Waals surface area contributed by atoms with Gasteiger partial charge in [-0.1, -0.05) is 218 Å². The third kappa shape index (κ3) is 35.3. The molecule has 0 spiro atoms. The quantitative estimate of drug-likeness (QED) is 0.0196. The van der Waals surface area contributed by atoms with E-state index in [1.165, 1.54) is 161 Å². The van der Waals surface area contributed by atoms with Gasteiger partial charge in [0.05, 0.1) is 32.0 Å². The molecule has 1 fully saturated rings. The second-order valence-corrected chi connectivity index (χ2v) is 19.3. The van der Waals surface area contributed by atoms with Crippen LogP contribution in [-0.4, -0.2) is 100 Å². The highest BCUT2D eigenvalue weighted by atomic mass is 16.7. The Kier molecular flexibility index (Phi) is 42.9. The maximum absolute atomic E-state index is 13.0. The predicted molar refractivity (Wildman–Crippen MR) is 269 cm³/mol. The second-order valence-electron chi connectivity index (χ2n) is 19.3. The predicted octanol–water partition coefficient (Wildman–Crippen LogP) is 11.8. The number of carbonyl (C=O) groups excluding carboxylic acids is 2. The van der Waals surface area contributed by atoms with Crippen LogP contribution >= 0.6 is 0 Å². The van der Waals surface area contributed by atoms with Crippen LogP contribution < -0.4 is 5.32 Å². The van der Waals surface area contributed by atoms with Crippen LogP contribution in [0.25, 0.3) is 0 Å². The van der Waals surface area contributed by atoms with Gasteiger partial charge in [-0.05, 0) is 44.9 Å². The third-order valence-corrected chi connectivity index (χ3v) is 13.1. The lowest BCUT2D eigenvalue weighted by Gasteiger charge is -2.40. The van der Waals surface area contributed by atoms with Crippen LogP contribution in [0.2, 0.25) is 0 Å². The smallest absolute Gasteiger partial charge is 0.305 e. The average molecular weight is 938 g/mol. The van der Waals surface area contributed by atoms with Gasteiger partial charge in [-0.25, -0.2) is 0 Å². The summed E-state index contributed by atoms with van der Waals surface area (Å²) in [6.07, 6.45) is 42.8. The molecule has 1 amide bonds. The molecule has 7 atom stereocenters. The number of allylic oxidation sites excluding steroid dienone is 3. The molecule has 0 aromatic carbocycles. The maximum Gasteiger partial charge on any atom is 0.305 e. The SMILES string of the molecule is CCCCC/C=C/CC/C=C/C(O)C(COC1OC(CO)C(O)C(O)C1O)NC(=O)CCCCCCCCCCCCCCCCCCCCOC(=O)CCCCCCCCCCCCC. The lowest BCUT2D eigenvalue weighted by atomic mass is 9.99. The van der Waals surface area contributed by atoms with E-state index in [2.05, 4.69) is 31.3 Å². The molecule has 6 N–H and O–H groups in total. The van der Waals surface area contributed by atoms with E-state index in [-0.39, 0.29) is 18.5 Å². The molecular weight excluding hydrogens is 835 g/mol. The van der Waals surface area contributed by atoms with Crippen LogP contribution in [0.3, 0.4) is 0 Å². The van der Waals surface area contributed by atoms with E-state index in [1.807, 2.05) is 6.08 Å². The summed E-state index contributed by atoms with van der Waals surface area (Å²) in [5.74, 6) is -0.208. The molecule has 11 nitrogen and oxygen atoms in total. The number of aliphatic hydroxyl groups excluding tert-OH is 5. The normalized spacial score (nSPS) is 19.8. The van der Waals surface area contributed by atoms with Crippen molar-refractivity contribution in [1.82, 2.24) is 5.32 Å². The van der Waals surface area contributed by atoms with Crippen LogP contribution in [0.4, 0.5) is 0 Å². The Morgan fingerprint density at radius 1 is 0.545 bits per heavy atom. The van der Waals surface area contributed by atoms with Crippen molar-refractivity contribution in [2.45, 2.75) is 294 Å². The Hall–Kier alpha value is -1.86. The zero-order valence-corrected chi connectivity index (χ0v) is 42.4. The molecule has 1 saturated heterocycles. The number of rotatable bonds is 47. The standard InChI is InChI=1S/C55H103NO10/c1-3-5-7-9-11-13-22-27-31-35-39-43-51(60)64-44-40-36-32-28-24-21-19-17-15-14-16-18-20-23-26-30-34-38-42-50(59)56-47(48(58)41-37-33-29-25-12-10-8-6-4-2)46-65-55-54(63)53(62)52(61)49(45-57)66-55/h12,25,37,41,47-49,52-55,57-58,61-63H,3-11,13-24,26-36,38-40,42-46H2,1-2H3,(H,56,59)/b25-12+,41-37+. The van der Waals surface area contributed by atoms with E-state index in [0.29, 0.717) is 19.4 Å². The summed E-state index contributed by atoms with van der Waals surface area (Å²) < 4.78 is 16.6. The van der Waals surface area contributed by atoms with E-state index in [0.717, 1.165) is 64.2 Å². The minimum absolute atomic E-state index is 0.00977. The molecule has 7 unspecified atom stereocenters. The summed E-state index contributed by atoms with van der Waals surface area (Å²) in [6, 6.07) is -0.828. The molecule has 1 heterocycles. The summed E-state index contributed by atoms with van der Waals surface area (Å²) in [5.41, 5.74) is 0. The summed E-state index contributed by atoms with van der Waals surface area (Å²) in [4.78, 5) is 25.0. The fourth-order valence-corrected chi connectivity index (χ4v) is 8.63. The van der Waals surface area contributed by atoms with Gasteiger partial charge >= 0.3 is 5.97 Å². The van der Waals surface area contributed by atoms with Gasteiger partial charge < -0.3 is 45.1 Å². The van der Waals surface area contributed by atoms with Gasteiger partial charge in [0.2, 0.25) is 5.91 Å². The lowest BCUT2D eigenvalue weighted by Crippen LogP contribution is -2.60. The number of unbranched alkanes of at least 4 members (excludes halogenated alkanes) is 31. The van der Waals surface area contributed by atoms with E-state index in [1.54, 1.807) is 6.08 Å².